The Bertz CT molecular complexity index is 542. The van der Waals surface area contributed by atoms with Crippen LogP contribution in [0.2, 0.25) is 0 Å². The Morgan fingerprint density at radius 3 is 2.93 bits per heavy atom. The number of aliphatic hydroxyl groups excluding tert-OH is 1. The van der Waals surface area contributed by atoms with Gasteiger partial charge in [0, 0.05) is 0 Å². The standard InChI is InChI=1S/C11H10O4/c1-14-9-3-2-4-10-8(9)5-7(6-12)11(13)15-10/h2-5,12H,6H2,1H3. The first-order chi connectivity index (χ1) is 7.26. The molecule has 1 heterocycles. The van der Waals surface area contributed by atoms with E-state index < -0.39 is 5.63 Å². The Labute approximate surface area is 85.7 Å². The molecule has 4 heteroatoms. The number of benzene rings is 1. The molecule has 78 valence electrons. The van der Waals surface area contributed by atoms with E-state index in [0.717, 1.165) is 0 Å². The summed E-state index contributed by atoms with van der Waals surface area (Å²) in [4.78, 5) is 11.3. The van der Waals surface area contributed by atoms with Crippen molar-refractivity contribution in [1.82, 2.24) is 0 Å². The van der Waals surface area contributed by atoms with Crippen molar-refractivity contribution in [2.24, 2.45) is 0 Å². The third kappa shape index (κ3) is 1.59. The number of ether oxygens (including phenoxy) is 1. The van der Waals surface area contributed by atoms with Gasteiger partial charge in [-0.15, -0.1) is 0 Å². The third-order valence-corrected chi connectivity index (χ3v) is 2.20. The van der Waals surface area contributed by atoms with Crippen LogP contribution in [0.1, 0.15) is 5.56 Å². The van der Waals surface area contributed by atoms with E-state index in [1.54, 1.807) is 31.4 Å². The molecule has 2 aromatic rings. The van der Waals surface area contributed by atoms with Crippen molar-refractivity contribution < 1.29 is 14.3 Å². The van der Waals surface area contributed by atoms with Gasteiger partial charge in [0.15, 0.2) is 0 Å². The van der Waals surface area contributed by atoms with Gasteiger partial charge in [-0.05, 0) is 18.2 Å². The lowest BCUT2D eigenvalue weighted by Gasteiger charge is -2.04. The smallest absolute Gasteiger partial charge is 0.341 e. The number of fused-ring (bicyclic) bond motifs is 1. The molecule has 0 amide bonds. The number of hydrogen-bond donors (Lipinski definition) is 1. The first-order valence-corrected chi connectivity index (χ1v) is 4.47. The number of aliphatic hydroxyl groups is 1. The van der Waals surface area contributed by atoms with E-state index in [4.69, 9.17) is 14.3 Å². The minimum absolute atomic E-state index is 0.229. The lowest BCUT2D eigenvalue weighted by atomic mass is 10.2. The molecule has 0 spiro atoms. The van der Waals surface area contributed by atoms with E-state index in [9.17, 15) is 4.79 Å². The molecule has 0 fully saturated rings. The summed E-state index contributed by atoms with van der Waals surface area (Å²) < 4.78 is 10.2. The van der Waals surface area contributed by atoms with E-state index in [1.165, 1.54) is 0 Å². The minimum Gasteiger partial charge on any atom is -0.496 e. The molecule has 1 N–H and O–H groups in total. The van der Waals surface area contributed by atoms with E-state index in [0.29, 0.717) is 16.7 Å². The van der Waals surface area contributed by atoms with Crippen LogP contribution in [0.15, 0.2) is 33.5 Å². The Morgan fingerprint density at radius 1 is 1.47 bits per heavy atom. The summed E-state index contributed by atoms with van der Waals surface area (Å²) in [6, 6.07) is 6.77. The zero-order valence-corrected chi connectivity index (χ0v) is 8.19. The van der Waals surface area contributed by atoms with E-state index in [2.05, 4.69) is 0 Å². The van der Waals surface area contributed by atoms with Crippen LogP contribution in [-0.4, -0.2) is 12.2 Å². The van der Waals surface area contributed by atoms with Gasteiger partial charge in [-0.3, -0.25) is 0 Å². The van der Waals surface area contributed by atoms with Crippen LogP contribution in [0, 0.1) is 0 Å². The second-order valence-corrected chi connectivity index (χ2v) is 3.09. The normalized spacial score (nSPS) is 10.5. The van der Waals surface area contributed by atoms with E-state index in [1.807, 2.05) is 0 Å². The van der Waals surface area contributed by atoms with E-state index in [-0.39, 0.29) is 12.2 Å². The van der Waals surface area contributed by atoms with Crippen LogP contribution in [0.25, 0.3) is 11.0 Å². The Kier molecular flexibility index (Phi) is 2.43. The molecule has 1 aromatic carbocycles. The first-order valence-electron chi connectivity index (χ1n) is 4.47. The van der Waals surface area contributed by atoms with Crippen LogP contribution in [0.4, 0.5) is 0 Å². The topological polar surface area (TPSA) is 59.7 Å². The van der Waals surface area contributed by atoms with Crippen molar-refractivity contribution in [3.63, 3.8) is 0 Å². The summed E-state index contributed by atoms with van der Waals surface area (Å²) in [5.74, 6) is 0.617. The molecule has 2 rings (SSSR count). The van der Waals surface area contributed by atoms with Crippen molar-refractivity contribution >= 4 is 11.0 Å². The third-order valence-electron chi connectivity index (χ3n) is 2.20. The number of methoxy groups -OCH3 is 1. The molecule has 15 heavy (non-hydrogen) atoms. The Morgan fingerprint density at radius 2 is 2.27 bits per heavy atom. The summed E-state index contributed by atoms with van der Waals surface area (Å²) in [5, 5.41) is 9.62. The van der Waals surface area contributed by atoms with Crippen molar-refractivity contribution in [1.29, 1.82) is 0 Å². The predicted octanol–water partition coefficient (Wildman–Crippen LogP) is 1.29. The van der Waals surface area contributed by atoms with Crippen LogP contribution in [-0.2, 0) is 6.61 Å². The molecule has 4 nitrogen and oxygen atoms in total. The highest BCUT2D eigenvalue weighted by Crippen LogP contribution is 2.24. The predicted molar refractivity (Wildman–Crippen MR) is 55.0 cm³/mol. The van der Waals surface area contributed by atoms with Gasteiger partial charge in [0.2, 0.25) is 0 Å². The molecule has 0 saturated heterocycles. The van der Waals surface area contributed by atoms with Crippen LogP contribution >= 0.6 is 0 Å². The van der Waals surface area contributed by atoms with Gasteiger partial charge in [0.25, 0.3) is 0 Å². The monoisotopic (exact) mass is 206 g/mol. The first kappa shape index (κ1) is 9.73. The molecule has 0 saturated carbocycles. The van der Waals surface area contributed by atoms with Gasteiger partial charge in [-0.1, -0.05) is 6.07 Å². The van der Waals surface area contributed by atoms with Crippen LogP contribution in [0.3, 0.4) is 0 Å². The summed E-state index contributed by atoms with van der Waals surface area (Å²) in [6.07, 6.45) is 0. The van der Waals surface area contributed by atoms with Gasteiger partial charge in [0.05, 0.1) is 24.7 Å². The maximum atomic E-state index is 11.3. The molecule has 0 atom stereocenters. The summed E-state index contributed by atoms with van der Waals surface area (Å²) in [7, 11) is 1.54. The summed E-state index contributed by atoms with van der Waals surface area (Å²) in [5.41, 5.74) is 0.168. The summed E-state index contributed by atoms with van der Waals surface area (Å²) >= 11 is 0. The van der Waals surface area contributed by atoms with Crippen molar-refractivity contribution in [2.75, 3.05) is 7.11 Å². The maximum Gasteiger partial charge on any atom is 0.341 e. The second kappa shape index (κ2) is 3.74. The molecular formula is C11H10O4. The molecule has 0 bridgehead atoms. The molecule has 0 aliphatic carbocycles. The SMILES string of the molecule is COc1cccc2oc(=O)c(CO)cc12. The van der Waals surface area contributed by atoms with Crippen LogP contribution in [0.5, 0.6) is 5.75 Å². The van der Waals surface area contributed by atoms with Crippen molar-refractivity contribution in [3.8, 4) is 5.75 Å². The zero-order chi connectivity index (χ0) is 10.8. The summed E-state index contributed by atoms with van der Waals surface area (Å²) in [6.45, 7) is -0.337. The molecule has 0 aliphatic rings. The minimum atomic E-state index is -0.516. The van der Waals surface area contributed by atoms with Gasteiger partial charge >= 0.3 is 5.63 Å². The molecular weight excluding hydrogens is 196 g/mol. The van der Waals surface area contributed by atoms with Crippen molar-refractivity contribution in [3.05, 3.63) is 40.2 Å². The zero-order valence-electron chi connectivity index (χ0n) is 8.19. The van der Waals surface area contributed by atoms with Gasteiger partial charge in [-0.25, -0.2) is 4.79 Å². The molecule has 0 unspecified atom stereocenters. The average Bonchev–Trinajstić information content (AvgIpc) is 2.27. The second-order valence-electron chi connectivity index (χ2n) is 3.09. The fourth-order valence-corrected chi connectivity index (χ4v) is 1.44. The highest BCUT2D eigenvalue weighted by molar-refractivity contribution is 5.83. The molecule has 0 aliphatic heterocycles. The molecule has 1 aromatic heterocycles. The average molecular weight is 206 g/mol. The Balaban J connectivity index is 2.82. The lowest BCUT2D eigenvalue weighted by molar-refractivity contribution is 0.276. The largest absolute Gasteiger partial charge is 0.496 e. The molecule has 0 radical (unpaired) electrons. The van der Waals surface area contributed by atoms with Crippen LogP contribution < -0.4 is 10.4 Å². The van der Waals surface area contributed by atoms with Gasteiger partial charge < -0.3 is 14.3 Å². The highest BCUT2D eigenvalue weighted by Gasteiger charge is 2.07. The van der Waals surface area contributed by atoms with Gasteiger partial charge in [-0.2, -0.15) is 0 Å². The van der Waals surface area contributed by atoms with E-state index >= 15 is 0 Å². The maximum absolute atomic E-state index is 11.3. The quantitative estimate of drug-likeness (QED) is 0.752. The number of rotatable bonds is 2. The highest BCUT2D eigenvalue weighted by atomic mass is 16.5. The van der Waals surface area contributed by atoms with Crippen molar-refractivity contribution in [2.45, 2.75) is 6.61 Å². The Hall–Kier alpha value is -1.81. The fraction of sp³-hybridized carbons (Fsp3) is 0.182. The fourth-order valence-electron chi connectivity index (χ4n) is 1.44. The lowest BCUT2D eigenvalue weighted by Crippen LogP contribution is -2.06. The number of hydrogen-bond acceptors (Lipinski definition) is 4. The van der Waals surface area contributed by atoms with Gasteiger partial charge in [0.1, 0.15) is 11.3 Å².